The maximum absolute atomic E-state index is 8.82. The van der Waals surface area contributed by atoms with E-state index in [0.29, 0.717) is 17.6 Å². The van der Waals surface area contributed by atoms with Crippen molar-refractivity contribution < 1.29 is 0 Å². The lowest BCUT2D eigenvalue weighted by molar-refractivity contribution is 0.519. The van der Waals surface area contributed by atoms with Gasteiger partial charge in [0.05, 0.1) is 29.8 Å². The second-order valence-corrected chi connectivity index (χ2v) is 6.07. The third-order valence-corrected chi connectivity index (χ3v) is 4.34. The van der Waals surface area contributed by atoms with Crippen molar-refractivity contribution in [1.82, 2.24) is 15.0 Å². The van der Waals surface area contributed by atoms with Crippen LogP contribution in [0.3, 0.4) is 0 Å². The van der Waals surface area contributed by atoms with E-state index in [1.807, 2.05) is 32.3 Å². The first kappa shape index (κ1) is 19.6. The van der Waals surface area contributed by atoms with Crippen molar-refractivity contribution in [2.45, 2.75) is 52.5 Å². The lowest BCUT2D eigenvalue weighted by Crippen LogP contribution is -2.40. The van der Waals surface area contributed by atoms with Gasteiger partial charge in [0.2, 0.25) is 5.95 Å². The number of pyridine rings is 1. The van der Waals surface area contributed by atoms with Gasteiger partial charge < -0.3 is 10.2 Å². The maximum Gasteiger partial charge on any atom is 0.225 e. The van der Waals surface area contributed by atoms with E-state index < -0.39 is 0 Å². The topological polar surface area (TPSA) is 77.7 Å². The molecular weight excluding hydrogens is 324 g/mol. The Morgan fingerprint density at radius 2 is 1.88 bits per heavy atom. The molecule has 1 fully saturated rings. The van der Waals surface area contributed by atoms with Crippen LogP contribution < -0.4 is 10.2 Å². The molecule has 2 aromatic rings. The van der Waals surface area contributed by atoms with Crippen molar-refractivity contribution in [2.24, 2.45) is 0 Å². The largest absolute Gasteiger partial charge is 0.381 e. The zero-order valence-electron chi connectivity index (χ0n) is 15.9. The molecule has 0 amide bonds. The fourth-order valence-corrected chi connectivity index (χ4v) is 3.03. The summed E-state index contributed by atoms with van der Waals surface area (Å²) in [4.78, 5) is 15.0. The van der Waals surface area contributed by atoms with Gasteiger partial charge in [0.1, 0.15) is 6.07 Å². The maximum atomic E-state index is 8.82. The van der Waals surface area contributed by atoms with E-state index in [1.54, 1.807) is 12.4 Å². The van der Waals surface area contributed by atoms with Gasteiger partial charge >= 0.3 is 0 Å². The molecule has 0 spiro atoms. The number of hydrogen-bond acceptors (Lipinski definition) is 6. The van der Waals surface area contributed by atoms with E-state index in [9.17, 15) is 0 Å². The normalized spacial score (nSPS) is 14.2. The molecule has 26 heavy (non-hydrogen) atoms. The van der Waals surface area contributed by atoms with Crippen molar-refractivity contribution in [3.63, 3.8) is 0 Å². The Bertz CT molecular complexity index is 699. The third kappa shape index (κ3) is 5.16. The number of nitrogens with one attached hydrogen (secondary N) is 1. The minimum Gasteiger partial charge on any atom is -0.381 e. The van der Waals surface area contributed by atoms with Crippen LogP contribution in [0.15, 0.2) is 30.9 Å². The van der Waals surface area contributed by atoms with Crippen LogP contribution in [0.5, 0.6) is 0 Å². The molecule has 0 atom stereocenters. The molecule has 1 aliphatic rings. The second-order valence-electron chi connectivity index (χ2n) is 6.07. The molecule has 1 aliphatic heterocycles. The second kappa shape index (κ2) is 10.3. The van der Waals surface area contributed by atoms with Crippen molar-refractivity contribution in [3.8, 4) is 6.07 Å². The molecule has 0 radical (unpaired) electrons. The standard InChI is InChI=1S/C18H22N6.C2H6/c1-2-3-15-4-7-20-13-17(15)23-16-5-8-24(9-6-16)18-21-11-14(10-19)12-22-18;1-2/h4,7,11-13,16,23H,2-3,5-6,8-9H2,1H3;1-2H3. The van der Waals surface area contributed by atoms with Gasteiger partial charge in [-0.15, -0.1) is 0 Å². The summed E-state index contributed by atoms with van der Waals surface area (Å²) in [6.07, 6.45) is 11.2. The Balaban J connectivity index is 0.00000117. The summed E-state index contributed by atoms with van der Waals surface area (Å²) >= 11 is 0. The lowest BCUT2D eigenvalue weighted by Gasteiger charge is -2.33. The molecule has 3 rings (SSSR count). The zero-order chi connectivity index (χ0) is 18.8. The fraction of sp³-hybridized carbons (Fsp3) is 0.500. The highest BCUT2D eigenvalue weighted by Gasteiger charge is 2.21. The molecule has 0 aliphatic carbocycles. The summed E-state index contributed by atoms with van der Waals surface area (Å²) in [5.41, 5.74) is 2.99. The number of rotatable bonds is 5. The Morgan fingerprint density at radius 1 is 1.19 bits per heavy atom. The number of aromatic nitrogens is 3. The highest BCUT2D eigenvalue weighted by molar-refractivity contribution is 5.50. The van der Waals surface area contributed by atoms with Crippen molar-refractivity contribution in [3.05, 3.63) is 42.0 Å². The van der Waals surface area contributed by atoms with Gasteiger partial charge in [0, 0.05) is 25.3 Å². The van der Waals surface area contributed by atoms with E-state index >= 15 is 0 Å². The van der Waals surface area contributed by atoms with Crippen LogP contribution in [0, 0.1) is 11.3 Å². The Kier molecular flexibility index (Phi) is 7.81. The van der Waals surface area contributed by atoms with E-state index in [-0.39, 0.29) is 0 Å². The van der Waals surface area contributed by atoms with Crippen LogP contribution in [0.25, 0.3) is 0 Å². The fourth-order valence-electron chi connectivity index (χ4n) is 3.03. The van der Waals surface area contributed by atoms with Crippen LogP contribution in [-0.2, 0) is 6.42 Å². The third-order valence-electron chi connectivity index (χ3n) is 4.34. The van der Waals surface area contributed by atoms with Crippen LogP contribution >= 0.6 is 0 Å². The summed E-state index contributed by atoms with van der Waals surface area (Å²) < 4.78 is 0. The van der Waals surface area contributed by atoms with Crippen LogP contribution in [0.1, 0.15) is 51.2 Å². The summed E-state index contributed by atoms with van der Waals surface area (Å²) in [7, 11) is 0. The Morgan fingerprint density at radius 3 is 2.50 bits per heavy atom. The van der Waals surface area contributed by atoms with Gasteiger partial charge in [-0.25, -0.2) is 9.97 Å². The van der Waals surface area contributed by atoms with Crippen molar-refractivity contribution >= 4 is 11.6 Å². The minimum atomic E-state index is 0.444. The average Bonchev–Trinajstić information content (AvgIpc) is 2.72. The van der Waals surface area contributed by atoms with E-state index in [2.05, 4.69) is 38.2 Å². The molecular formula is C20H28N6. The first-order valence-corrected chi connectivity index (χ1v) is 9.46. The molecule has 0 unspecified atom stereocenters. The van der Waals surface area contributed by atoms with E-state index in [0.717, 1.165) is 44.5 Å². The number of hydrogen-bond donors (Lipinski definition) is 1. The molecule has 138 valence electrons. The smallest absolute Gasteiger partial charge is 0.225 e. The predicted molar refractivity (Wildman–Crippen MR) is 105 cm³/mol. The van der Waals surface area contributed by atoms with Gasteiger partial charge in [0.15, 0.2) is 0 Å². The molecule has 1 N–H and O–H groups in total. The van der Waals surface area contributed by atoms with Crippen LogP contribution in [-0.4, -0.2) is 34.1 Å². The van der Waals surface area contributed by atoms with E-state index in [4.69, 9.17) is 5.26 Å². The molecule has 0 aromatic carbocycles. The van der Waals surface area contributed by atoms with Gasteiger partial charge in [-0.2, -0.15) is 5.26 Å². The summed E-state index contributed by atoms with van der Waals surface area (Å²) in [6.45, 7) is 8.01. The highest BCUT2D eigenvalue weighted by Crippen LogP contribution is 2.22. The van der Waals surface area contributed by atoms with Crippen LogP contribution in [0.2, 0.25) is 0 Å². The van der Waals surface area contributed by atoms with Gasteiger partial charge in [0.25, 0.3) is 0 Å². The van der Waals surface area contributed by atoms with Gasteiger partial charge in [-0.05, 0) is 30.9 Å². The molecule has 0 saturated carbocycles. The van der Waals surface area contributed by atoms with E-state index in [1.165, 1.54) is 5.56 Å². The van der Waals surface area contributed by atoms with Crippen LogP contribution in [0.4, 0.5) is 11.6 Å². The number of aryl methyl sites for hydroxylation is 1. The SMILES string of the molecule is CC.CCCc1ccncc1NC1CCN(c2ncc(C#N)cn2)CC1. The number of piperidine rings is 1. The molecule has 1 saturated heterocycles. The minimum absolute atomic E-state index is 0.444. The Hall–Kier alpha value is -2.68. The number of nitrogens with zero attached hydrogens (tertiary/aromatic N) is 5. The molecule has 3 heterocycles. The Labute approximate surface area is 156 Å². The summed E-state index contributed by atoms with van der Waals surface area (Å²) in [5, 5.41) is 12.5. The zero-order valence-corrected chi connectivity index (χ0v) is 15.9. The van der Waals surface area contributed by atoms with Gasteiger partial charge in [-0.1, -0.05) is 27.2 Å². The molecule has 6 heteroatoms. The molecule has 0 bridgehead atoms. The number of nitriles is 1. The number of anilines is 2. The lowest BCUT2D eigenvalue weighted by atomic mass is 10.0. The monoisotopic (exact) mass is 352 g/mol. The average molecular weight is 352 g/mol. The van der Waals surface area contributed by atoms with Gasteiger partial charge in [-0.3, -0.25) is 4.98 Å². The van der Waals surface area contributed by atoms with Crippen molar-refractivity contribution in [1.29, 1.82) is 5.26 Å². The first-order valence-electron chi connectivity index (χ1n) is 9.46. The molecule has 2 aromatic heterocycles. The van der Waals surface area contributed by atoms with Crippen molar-refractivity contribution in [2.75, 3.05) is 23.3 Å². The first-order chi connectivity index (χ1) is 12.8. The quantitative estimate of drug-likeness (QED) is 0.882. The molecule has 6 nitrogen and oxygen atoms in total. The predicted octanol–water partition coefficient (Wildman–Crippen LogP) is 3.80. The highest BCUT2D eigenvalue weighted by atomic mass is 15.3. The summed E-state index contributed by atoms with van der Waals surface area (Å²) in [5.74, 6) is 0.709. The summed E-state index contributed by atoms with van der Waals surface area (Å²) in [6, 6.07) is 4.59.